The minimum atomic E-state index is -0.634. The van der Waals surface area contributed by atoms with Crippen LogP contribution in [0, 0.1) is 6.92 Å². The molecule has 1 unspecified atom stereocenters. The summed E-state index contributed by atoms with van der Waals surface area (Å²) in [5, 5.41) is 10.4. The van der Waals surface area contributed by atoms with Gasteiger partial charge in [0.2, 0.25) is 0 Å². The fraction of sp³-hybridized carbons (Fsp3) is 0.250. The first-order valence-corrected chi connectivity index (χ1v) is 7.08. The van der Waals surface area contributed by atoms with Gasteiger partial charge in [-0.25, -0.2) is 0 Å². The first-order valence-electron chi connectivity index (χ1n) is 6.29. The number of aliphatic hydroxyl groups excluding tert-OH is 1. The van der Waals surface area contributed by atoms with Crippen LogP contribution >= 0.6 is 15.9 Å². The third-order valence-electron chi connectivity index (χ3n) is 3.02. The van der Waals surface area contributed by atoms with Gasteiger partial charge in [0.25, 0.3) is 0 Å². The lowest BCUT2D eigenvalue weighted by Crippen LogP contribution is -2.01. The smallest absolute Gasteiger partial charge is 0.119 e. The van der Waals surface area contributed by atoms with Gasteiger partial charge in [-0.2, -0.15) is 0 Å². The van der Waals surface area contributed by atoms with E-state index in [1.807, 2.05) is 56.3 Å². The summed E-state index contributed by atoms with van der Waals surface area (Å²) in [6.07, 6.45) is -0.634. The quantitative estimate of drug-likeness (QED) is 0.913. The Bertz CT molecular complexity index is 549. The van der Waals surface area contributed by atoms with Crippen LogP contribution in [0.25, 0.3) is 0 Å². The summed E-state index contributed by atoms with van der Waals surface area (Å²) < 4.78 is 6.35. The van der Waals surface area contributed by atoms with E-state index in [-0.39, 0.29) is 0 Å². The van der Waals surface area contributed by atoms with E-state index in [0.29, 0.717) is 6.61 Å². The molecule has 1 atom stereocenters. The van der Waals surface area contributed by atoms with Crippen LogP contribution in [-0.4, -0.2) is 11.7 Å². The number of rotatable bonds is 4. The molecule has 0 radical (unpaired) electrons. The van der Waals surface area contributed by atoms with Crippen molar-refractivity contribution in [1.82, 2.24) is 0 Å². The minimum Gasteiger partial charge on any atom is -0.494 e. The van der Waals surface area contributed by atoms with Crippen molar-refractivity contribution in [1.29, 1.82) is 0 Å². The van der Waals surface area contributed by atoms with Crippen molar-refractivity contribution < 1.29 is 9.84 Å². The number of aliphatic hydroxyl groups is 1. The first kappa shape index (κ1) is 14.1. The van der Waals surface area contributed by atoms with Crippen LogP contribution in [0.2, 0.25) is 0 Å². The molecule has 100 valence electrons. The van der Waals surface area contributed by atoms with Gasteiger partial charge in [-0.3, -0.25) is 0 Å². The van der Waals surface area contributed by atoms with Crippen LogP contribution in [0.5, 0.6) is 5.75 Å². The predicted octanol–water partition coefficient (Wildman–Crippen LogP) is 4.24. The van der Waals surface area contributed by atoms with Crippen molar-refractivity contribution in [2.45, 2.75) is 20.0 Å². The maximum absolute atomic E-state index is 10.4. The van der Waals surface area contributed by atoms with Crippen LogP contribution in [0.1, 0.15) is 29.7 Å². The molecule has 0 bridgehead atoms. The largest absolute Gasteiger partial charge is 0.494 e. The third-order valence-corrected chi connectivity index (χ3v) is 4.11. The molecule has 0 saturated heterocycles. The summed E-state index contributed by atoms with van der Waals surface area (Å²) in [5.41, 5.74) is 2.85. The lowest BCUT2D eigenvalue weighted by Gasteiger charge is -2.15. The van der Waals surface area contributed by atoms with E-state index in [1.54, 1.807) is 0 Å². The van der Waals surface area contributed by atoms with Crippen molar-refractivity contribution in [3.8, 4) is 5.75 Å². The standard InChI is InChI=1S/C16H17BrO2/c1-3-19-13-9-7-12(8-10-13)16(18)14-6-4-5-11(2)15(14)17/h4-10,16,18H,3H2,1-2H3. The van der Waals surface area contributed by atoms with E-state index in [2.05, 4.69) is 15.9 Å². The van der Waals surface area contributed by atoms with Crippen molar-refractivity contribution in [3.05, 3.63) is 63.6 Å². The summed E-state index contributed by atoms with van der Waals surface area (Å²) >= 11 is 3.53. The molecule has 1 N–H and O–H groups in total. The highest BCUT2D eigenvalue weighted by molar-refractivity contribution is 9.10. The highest BCUT2D eigenvalue weighted by Gasteiger charge is 2.14. The maximum Gasteiger partial charge on any atom is 0.119 e. The predicted molar refractivity (Wildman–Crippen MR) is 80.6 cm³/mol. The number of hydrogen-bond donors (Lipinski definition) is 1. The highest BCUT2D eigenvalue weighted by atomic mass is 79.9. The molecule has 0 saturated carbocycles. The van der Waals surface area contributed by atoms with Gasteiger partial charge in [-0.1, -0.05) is 46.3 Å². The topological polar surface area (TPSA) is 29.5 Å². The molecule has 0 heterocycles. The zero-order valence-corrected chi connectivity index (χ0v) is 12.6. The van der Waals surface area contributed by atoms with Gasteiger partial charge in [0.05, 0.1) is 6.61 Å². The van der Waals surface area contributed by atoms with Gasteiger partial charge in [0.1, 0.15) is 11.9 Å². The van der Waals surface area contributed by atoms with Gasteiger partial charge in [-0.05, 0) is 42.7 Å². The molecule has 0 aromatic heterocycles. The monoisotopic (exact) mass is 320 g/mol. The van der Waals surface area contributed by atoms with Crippen LogP contribution in [0.4, 0.5) is 0 Å². The lowest BCUT2D eigenvalue weighted by atomic mass is 10.00. The molecule has 0 aliphatic heterocycles. The van der Waals surface area contributed by atoms with Crippen molar-refractivity contribution in [3.63, 3.8) is 0 Å². The zero-order valence-electron chi connectivity index (χ0n) is 11.1. The lowest BCUT2D eigenvalue weighted by molar-refractivity contribution is 0.219. The molecule has 3 heteroatoms. The summed E-state index contributed by atoms with van der Waals surface area (Å²) in [5.74, 6) is 0.821. The minimum absolute atomic E-state index is 0.634. The fourth-order valence-corrected chi connectivity index (χ4v) is 2.46. The second-order valence-corrected chi connectivity index (χ2v) is 5.18. The summed E-state index contributed by atoms with van der Waals surface area (Å²) in [6, 6.07) is 13.4. The highest BCUT2D eigenvalue weighted by Crippen LogP contribution is 2.31. The summed E-state index contributed by atoms with van der Waals surface area (Å²) in [4.78, 5) is 0. The molecule has 2 rings (SSSR count). The van der Waals surface area contributed by atoms with Gasteiger partial charge < -0.3 is 9.84 Å². The van der Waals surface area contributed by atoms with E-state index in [1.165, 1.54) is 0 Å². The van der Waals surface area contributed by atoms with Crippen molar-refractivity contribution in [2.75, 3.05) is 6.61 Å². The van der Waals surface area contributed by atoms with Crippen molar-refractivity contribution in [2.24, 2.45) is 0 Å². The normalized spacial score (nSPS) is 12.2. The Balaban J connectivity index is 2.28. The molecule has 19 heavy (non-hydrogen) atoms. The Labute approximate surface area is 122 Å². The van der Waals surface area contributed by atoms with Gasteiger partial charge in [0, 0.05) is 4.47 Å². The molecule has 2 aromatic carbocycles. The van der Waals surface area contributed by atoms with Crippen molar-refractivity contribution >= 4 is 15.9 Å². The number of halogens is 1. The van der Waals surface area contributed by atoms with E-state index in [4.69, 9.17) is 4.74 Å². The molecular weight excluding hydrogens is 304 g/mol. The molecule has 2 aromatic rings. The van der Waals surface area contributed by atoms with E-state index in [9.17, 15) is 5.11 Å². The zero-order chi connectivity index (χ0) is 13.8. The Kier molecular flexibility index (Phi) is 4.61. The van der Waals surface area contributed by atoms with E-state index < -0.39 is 6.10 Å². The Morgan fingerprint density at radius 1 is 1.16 bits per heavy atom. The second kappa shape index (κ2) is 6.22. The van der Waals surface area contributed by atoms with Gasteiger partial charge in [-0.15, -0.1) is 0 Å². The fourth-order valence-electron chi connectivity index (χ4n) is 1.97. The Morgan fingerprint density at radius 2 is 1.84 bits per heavy atom. The molecule has 0 fully saturated rings. The average Bonchev–Trinajstić information content (AvgIpc) is 2.42. The van der Waals surface area contributed by atoms with Crippen LogP contribution < -0.4 is 4.74 Å². The summed E-state index contributed by atoms with van der Waals surface area (Å²) in [6.45, 7) is 4.61. The SMILES string of the molecule is CCOc1ccc(C(O)c2cccc(C)c2Br)cc1. The maximum atomic E-state index is 10.4. The van der Waals surface area contributed by atoms with E-state index >= 15 is 0 Å². The van der Waals surface area contributed by atoms with Gasteiger partial charge in [0.15, 0.2) is 0 Å². The molecule has 0 spiro atoms. The van der Waals surface area contributed by atoms with E-state index in [0.717, 1.165) is 26.9 Å². The van der Waals surface area contributed by atoms with Gasteiger partial charge >= 0.3 is 0 Å². The molecular formula is C16H17BrO2. The average molecular weight is 321 g/mol. The molecule has 0 amide bonds. The van der Waals surface area contributed by atoms with Crippen LogP contribution in [0.3, 0.4) is 0 Å². The number of hydrogen-bond acceptors (Lipinski definition) is 2. The Morgan fingerprint density at radius 3 is 2.47 bits per heavy atom. The number of ether oxygens (including phenoxy) is 1. The Hall–Kier alpha value is -1.32. The van der Waals surface area contributed by atoms with Crippen LogP contribution in [-0.2, 0) is 0 Å². The first-order chi connectivity index (χ1) is 9.13. The molecule has 0 aliphatic rings. The number of aryl methyl sites for hydroxylation is 1. The third kappa shape index (κ3) is 3.17. The summed E-state index contributed by atoms with van der Waals surface area (Å²) in [7, 11) is 0. The molecule has 2 nitrogen and oxygen atoms in total. The van der Waals surface area contributed by atoms with Crippen LogP contribution in [0.15, 0.2) is 46.9 Å². The molecule has 0 aliphatic carbocycles. The second-order valence-electron chi connectivity index (χ2n) is 4.38. The number of benzene rings is 2.